The van der Waals surface area contributed by atoms with Crippen LogP contribution in [0.25, 0.3) is 0 Å². The van der Waals surface area contributed by atoms with E-state index < -0.39 is 0 Å². The summed E-state index contributed by atoms with van der Waals surface area (Å²) < 4.78 is 0. The zero-order valence-electron chi connectivity index (χ0n) is 12.8. The molecule has 2 fully saturated rings. The Morgan fingerprint density at radius 3 is 0.700 bits per heavy atom. The van der Waals surface area contributed by atoms with E-state index in [4.69, 9.17) is 0 Å². The normalized spacial score (nSPS) is 31.8. The van der Waals surface area contributed by atoms with Gasteiger partial charge in [-0.25, -0.2) is 0 Å². The predicted molar refractivity (Wildman–Crippen MR) is 98.9 cm³/mol. The topological polar surface area (TPSA) is 48.1 Å². The molecule has 128 valence electrons. The van der Waals surface area contributed by atoms with Gasteiger partial charge in [-0.05, 0) is 27.7 Å². The van der Waals surface area contributed by atoms with Crippen LogP contribution in [0.1, 0.15) is 27.7 Å². The van der Waals surface area contributed by atoms with Crippen LogP contribution in [0.4, 0.5) is 0 Å². The minimum atomic E-state index is 0. The number of rotatable bonds is 0. The smallest absolute Gasteiger partial charge is 0.0190 e. The van der Waals surface area contributed by atoms with Crippen molar-refractivity contribution in [3.05, 3.63) is 0 Å². The maximum absolute atomic E-state index is 3.37. The summed E-state index contributed by atoms with van der Waals surface area (Å²) in [6.07, 6.45) is 0. The van der Waals surface area contributed by atoms with Crippen molar-refractivity contribution in [2.45, 2.75) is 51.9 Å². The molecule has 2 aliphatic rings. The van der Waals surface area contributed by atoms with Crippen molar-refractivity contribution in [3.63, 3.8) is 0 Å². The standard InChI is InChI=1S/2C6H14N2.4ClH/c2*1-5-6(2)8-4-3-7-5;;;;/h2*5-8H,3-4H2,1-2H3;4*1H/t2*5-,6+;;;;. The predicted octanol–water partition coefficient (Wildman–Crippen LogP) is 1.60. The van der Waals surface area contributed by atoms with Crippen LogP contribution in [-0.2, 0) is 0 Å². The molecule has 2 heterocycles. The molecule has 4 nitrogen and oxygen atoms in total. The van der Waals surface area contributed by atoms with Gasteiger partial charge in [-0.3, -0.25) is 0 Å². The third-order valence-electron chi connectivity index (χ3n) is 3.62. The lowest BCUT2D eigenvalue weighted by Crippen LogP contribution is -2.52. The molecule has 4 N–H and O–H groups in total. The van der Waals surface area contributed by atoms with Crippen LogP contribution in [0.5, 0.6) is 0 Å². The van der Waals surface area contributed by atoms with Gasteiger partial charge in [0.2, 0.25) is 0 Å². The van der Waals surface area contributed by atoms with Crippen molar-refractivity contribution >= 4 is 49.6 Å². The lowest BCUT2D eigenvalue weighted by atomic mass is 10.1. The third kappa shape index (κ3) is 11.6. The van der Waals surface area contributed by atoms with Gasteiger partial charge in [0, 0.05) is 50.3 Å². The minimum absolute atomic E-state index is 0. The SMILES string of the molecule is C[C@@H]1NCCN[C@@H]1C.C[C@@H]1NCCN[C@@H]1C.Cl.Cl.Cl.Cl. The Morgan fingerprint density at radius 2 is 0.600 bits per heavy atom. The van der Waals surface area contributed by atoms with Gasteiger partial charge < -0.3 is 21.3 Å². The summed E-state index contributed by atoms with van der Waals surface area (Å²) in [5.74, 6) is 0. The van der Waals surface area contributed by atoms with Crippen LogP contribution in [0, 0.1) is 0 Å². The zero-order chi connectivity index (χ0) is 12.0. The molecule has 0 aromatic carbocycles. The third-order valence-corrected chi connectivity index (χ3v) is 3.62. The number of halogens is 4. The van der Waals surface area contributed by atoms with E-state index in [9.17, 15) is 0 Å². The summed E-state index contributed by atoms with van der Waals surface area (Å²) in [6, 6.07) is 2.57. The van der Waals surface area contributed by atoms with Crippen molar-refractivity contribution in [2.75, 3.05) is 26.2 Å². The van der Waals surface area contributed by atoms with E-state index in [0.29, 0.717) is 24.2 Å². The summed E-state index contributed by atoms with van der Waals surface area (Å²) in [5.41, 5.74) is 0. The molecule has 2 aliphatic heterocycles. The Hall–Kier alpha value is 1.00. The molecule has 8 heteroatoms. The van der Waals surface area contributed by atoms with Gasteiger partial charge in [-0.1, -0.05) is 0 Å². The summed E-state index contributed by atoms with van der Waals surface area (Å²) in [6.45, 7) is 13.3. The van der Waals surface area contributed by atoms with Crippen LogP contribution in [0.2, 0.25) is 0 Å². The monoisotopic (exact) mass is 372 g/mol. The lowest BCUT2D eigenvalue weighted by Gasteiger charge is -2.27. The molecule has 0 aliphatic carbocycles. The van der Waals surface area contributed by atoms with Gasteiger partial charge in [0.1, 0.15) is 0 Å². The molecule has 2 rings (SSSR count). The molecule has 0 aromatic rings. The summed E-state index contributed by atoms with van der Waals surface area (Å²) >= 11 is 0. The van der Waals surface area contributed by atoms with Crippen molar-refractivity contribution in [3.8, 4) is 0 Å². The number of hydrogen-bond acceptors (Lipinski definition) is 4. The lowest BCUT2D eigenvalue weighted by molar-refractivity contribution is 0.358. The largest absolute Gasteiger partial charge is 0.311 e. The van der Waals surface area contributed by atoms with Gasteiger partial charge in [0.25, 0.3) is 0 Å². The van der Waals surface area contributed by atoms with Crippen LogP contribution >= 0.6 is 49.6 Å². The molecule has 0 spiro atoms. The first-order valence-corrected chi connectivity index (χ1v) is 6.54. The van der Waals surface area contributed by atoms with Crippen molar-refractivity contribution in [1.29, 1.82) is 0 Å². The second-order valence-electron chi connectivity index (χ2n) is 4.97. The fraction of sp³-hybridized carbons (Fsp3) is 1.00. The fourth-order valence-electron chi connectivity index (χ4n) is 1.91. The Kier molecular flexibility index (Phi) is 23.8. The molecule has 2 saturated heterocycles. The molecule has 0 radical (unpaired) electrons. The molecular weight excluding hydrogens is 342 g/mol. The highest BCUT2D eigenvalue weighted by Crippen LogP contribution is 1.94. The maximum atomic E-state index is 3.37. The Bertz CT molecular complexity index is 160. The fourth-order valence-corrected chi connectivity index (χ4v) is 1.91. The Labute approximate surface area is 149 Å². The van der Waals surface area contributed by atoms with Gasteiger partial charge >= 0.3 is 0 Å². The van der Waals surface area contributed by atoms with E-state index in [1.54, 1.807) is 0 Å². The van der Waals surface area contributed by atoms with E-state index in [1.165, 1.54) is 0 Å². The van der Waals surface area contributed by atoms with E-state index >= 15 is 0 Å². The molecule has 4 atom stereocenters. The second-order valence-corrected chi connectivity index (χ2v) is 4.97. The average molecular weight is 374 g/mol. The van der Waals surface area contributed by atoms with Gasteiger partial charge in [-0.2, -0.15) is 0 Å². The van der Waals surface area contributed by atoms with Gasteiger partial charge in [0.05, 0.1) is 0 Å². The van der Waals surface area contributed by atoms with Crippen LogP contribution in [0.15, 0.2) is 0 Å². The minimum Gasteiger partial charge on any atom is -0.311 e. The van der Waals surface area contributed by atoms with Crippen molar-refractivity contribution in [1.82, 2.24) is 21.3 Å². The van der Waals surface area contributed by atoms with Crippen LogP contribution in [0.3, 0.4) is 0 Å². The first-order valence-electron chi connectivity index (χ1n) is 6.54. The molecule has 20 heavy (non-hydrogen) atoms. The summed E-state index contributed by atoms with van der Waals surface area (Å²) in [7, 11) is 0. The summed E-state index contributed by atoms with van der Waals surface area (Å²) in [4.78, 5) is 0. The molecule has 0 bridgehead atoms. The number of piperazine rings is 2. The van der Waals surface area contributed by atoms with Gasteiger partial charge in [0.15, 0.2) is 0 Å². The number of nitrogens with one attached hydrogen (secondary N) is 4. The van der Waals surface area contributed by atoms with Crippen LogP contribution in [-0.4, -0.2) is 50.3 Å². The molecular formula is C12H32Cl4N4. The first-order chi connectivity index (χ1) is 7.61. The van der Waals surface area contributed by atoms with E-state index in [0.717, 1.165) is 26.2 Å². The zero-order valence-corrected chi connectivity index (χ0v) is 16.0. The Balaban J connectivity index is -0.000000107. The van der Waals surface area contributed by atoms with Crippen molar-refractivity contribution in [2.24, 2.45) is 0 Å². The molecule has 0 amide bonds. The maximum Gasteiger partial charge on any atom is 0.0190 e. The number of hydrogen-bond donors (Lipinski definition) is 4. The van der Waals surface area contributed by atoms with E-state index in [-0.39, 0.29) is 49.6 Å². The Morgan fingerprint density at radius 1 is 0.450 bits per heavy atom. The second kappa shape index (κ2) is 16.4. The van der Waals surface area contributed by atoms with E-state index in [2.05, 4.69) is 49.0 Å². The highest BCUT2D eigenvalue weighted by atomic mass is 35.5. The average Bonchev–Trinajstić information content (AvgIpc) is 2.28. The quantitative estimate of drug-likeness (QED) is 0.521. The highest BCUT2D eigenvalue weighted by molar-refractivity contribution is 5.86. The van der Waals surface area contributed by atoms with E-state index in [1.807, 2.05) is 0 Å². The molecule has 0 unspecified atom stereocenters. The molecule has 0 aromatic heterocycles. The van der Waals surface area contributed by atoms with Crippen molar-refractivity contribution < 1.29 is 0 Å². The highest BCUT2D eigenvalue weighted by Gasteiger charge is 2.14. The molecule has 0 saturated carbocycles. The first kappa shape index (κ1) is 29.1. The van der Waals surface area contributed by atoms with Crippen LogP contribution < -0.4 is 21.3 Å². The summed E-state index contributed by atoms with van der Waals surface area (Å²) in [5, 5.41) is 13.5. The van der Waals surface area contributed by atoms with Gasteiger partial charge in [-0.15, -0.1) is 49.6 Å².